The summed E-state index contributed by atoms with van der Waals surface area (Å²) in [5.74, 6) is 1.21. The highest BCUT2D eigenvalue weighted by molar-refractivity contribution is 5.93. The number of hydrogen-bond acceptors (Lipinski definition) is 6. The molecule has 3 heterocycles. The molecule has 0 bridgehead atoms. The van der Waals surface area contributed by atoms with Gasteiger partial charge in [0.25, 0.3) is 5.91 Å². The number of hydrogen-bond donors (Lipinski definition) is 2. The molecule has 1 aromatic carbocycles. The van der Waals surface area contributed by atoms with Gasteiger partial charge in [0.15, 0.2) is 17.2 Å². The van der Waals surface area contributed by atoms with Gasteiger partial charge in [-0.1, -0.05) is 12.1 Å². The van der Waals surface area contributed by atoms with E-state index in [1.165, 1.54) is 0 Å². The van der Waals surface area contributed by atoms with Gasteiger partial charge in [0.1, 0.15) is 13.2 Å². The summed E-state index contributed by atoms with van der Waals surface area (Å²) in [7, 11) is 0. The summed E-state index contributed by atoms with van der Waals surface area (Å²) in [6.07, 6.45) is 2.10. The molecule has 4 rings (SSSR count). The Balaban J connectivity index is 1.49. The van der Waals surface area contributed by atoms with Crippen LogP contribution in [0.5, 0.6) is 11.5 Å². The number of amides is 1. The van der Waals surface area contributed by atoms with Crippen LogP contribution in [0.15, 0.2) is 18.2 Å². The minimum absolute atomic E-state index is 0.126. The van der Waals surface area contributed by atoms with Crippen molar-refractivity contribution in [1.82, 2.24) is 25.6 Å². The summed E-state index contributed by atoms with van der Waals surface area (Å²) < 4.78 is 12.8. The number of benzene rings is 1. The van der Waals surface area contributed by atoms with E-state index in [2.05, 4.69) is 27.9 Å². The lowest BCUT2D eigenvalue weighted by Crippen LogP contribution is -2.43. The third kappa shape index (κ3) is 3.62. The molecule has 2 aliphatic rings. The van der Waals surface area contributed by atoms with Crippen LogP contribution in [0, 0.1) is 12.3 Å². The molecule has 0 atom stereocenters. The Morgan fingerprint density at radius 3 is 2.78 bits per heavy atom. The van der Waals surface area contributed by atoms with Crippen molar-refractivity contribution in [2.75, 3.05) is 32.8 Å². The van der Waals surface area contributed by atoms with Crippen LogP contribution in [0.4, 0.5) is 0 Å². The lowest BCUT2D eigenvalue weighted by Gasteiger charge is -2.34. The first kappa shape index (κ1) is 17.8. The third-order valence-corrected chi connectivity index (χ3v) is 5.37. The zero-order chi connectivity index (χ0) is 18.9. The van der Waals surface area contributed by atoms with Crippen molar-refractivity contribution in [3.05, 3.63) is 29.6 Å². The number of carbonyl (C=O) groups is 1. The van der Waals surface area contributed by atoms with Gasteiger partial charge in [-0.25, -0.2) is 4.68 Å². The standard InChI is InChI=1S/C19H25N5O3/c1-13-17(18(25)21-12-19(2)5-7-20-8-6-19)22-23-24(13)14-3-4-15-16(11-14)27-10-9-26-15/h3-4,11,20H,5-10,12H2,1-2H3,(H,21,25). The van der Waals surface area contributed by atoms with Crippen molar-refractivity contribution in [2.24, 2.45) is 5.41 Å². The zero-order valence-electron chi connectivity index (χ0n) is 15.7. The molecule has 0 aliphatic carbocycles. The van der Waals surface area contributed by atoms with Crippen LogP contribution in [0.2, 0.25) is 0 Å². The largest absolute Gasteiger partial charge is 0.486 e. The summed E-state index contributed by atoms with van der Waals surface area (Å²) in [5, 5.41) is 14.7. The fourth-order valence-corrected chi connectivity index (χ4v) is 3.53. The molecule has 1 amide bonds. The van der Waals surface area contributed by atoms with E-state index in [1.54, 1.807) is 4.68 Å². The number of ether oxygens (including phenoxy) is 2. The van der Waals surface area contributed by atoms with Gasteiger partial charge in [0.2, 0.25) is 0 Å². The SMILES string of the molecule is Cc1c(C(=O)NCC2(C)CCNCC2)nnn1-c1ccc2c(c1)OCCO2. The first-order valence-corrected chi connectivity index (χ1v) is 9.37. The van der Waals surface area contributed by atoms with E-state index in [0.29, 0.717) is 36.9 Å². The number of nitrogens with zero attached hydrogens (tertiary/aromatic N) is 3. The molecule has 0 unspecified atom stereocenters. The van der Waals surface area contributed by atoms with Crippen LogP contribution in [0.3, 0.4) is 0 Å². The Morgan fingerprint density at radius 2 is 2.00 bits per heavy atom. The van der Waals surface area contributed by atoms with Crippen LogP contribution >= 0.6 is 0 Å². The molecule has 0 spiro atoms. The monoisotopic (exact) mass is 371 g/mol. The minimum atomic E-state index is -0.184. The van der Waals surface area contributed by atoms with Crippen molar-refractivity contribution >= 4 is 5.91 Å². The highest BCUT2D eigenvalue weighted by Gasteiger charge is 2.28. The van der Waals surface area contributed by atoms with Gasteiger partial charge in [-0.15, -0.1) is 5.10 Å². The van der Waals surface area contributed by atoms with E-state index in [-0.39, 0.29) is 11.3 Å². The quantitative estimate of drug-likeness (QED) is 0.846. The Bertz CT molecular complexity index is 842. The highest BCUT2D eigenvalue weighted by Crippen LogP contribution is 2.32. The maximum atomic E-state index is 12.6. The molecular weight excluding hydrogens is 346 g/mol. The molecule has 144 valence electrons. The predicted octanol–water partition coefficient (Wildman–Crippen LogP) is 1.47. The fraction of sp³-hybridized carbons (Fsp3) is 0.526. The molecule has 2 aliphatic heterocycles. The van der Waals surface area contributed by atoms with E-state index in [1.807, 2.05) is 25.1 Å². The van der Waals surface area contributed by atoms with Gasteiger partial charge in [0.05, 0.1) is 11.4 Å². The number of piperidine rings is 1. The smallest absolute Gasteiger partial charge is 0.273 e. The fourth-order valence-electron chi connectivity index (χ4n) is 3.53. The van der Waals surface area contributed by atoms with Crippen LogP contribution < -0.4 is 20.1 Å². The van der Waals surface area contributed by atoms with E-state index in [4.69, 9.17) is 9.47 Å². The first-order chi connectivity index (χ1) is 13.1. The van der Waals surface area contributed by atoms with E-state index < -0.39 is 0 Å². The molecule has 2 N–H and O–H groups in total. The minimum Gasteiger partial charge on any atom is -0.486 e. The number of aromatic nitrogens is 3. The summed E-state index contributed by atoms with van der Waals surface area (Å²) in [6.45, 7) is 7.76. The predicted molar refractivity (Wildman–Crippen MR) is 99.6 cm³/mol. The molecule has 1 saturated heterocycles. The lowest BCUT2D eigenvalue weighted by atomic mass is 9.81. The summed E-state index contributed by atoms with van der Waals surface area (Å²) in [4.78, 5) is 12.6. The molecule has 27 heavy (non-hydrogen) atoms. The summed E-state index contributed by atoms with van der Waals surface area (Å²) in [5.41, 5.74) is 1.95. The van der Waals surface area contributed by atoms with Crippen LogP contribution in [-0.2, 0) is 0 Å². The molecule has 0 saturated carbocycles. The first-order valence-electron chi connectivity index (χ1n) is 9.37. The second kappa shape index (κ2) is 7.19. The molecule has 1 aromatic heterocycles. The van der Waals surface area contributed by atoms with E-state index in [9.17, 15) is 4.79 Å². The number of carbonyl (C=O) groups excluding carboxylic acids is 1. The average Bonchev–Trinajstić information content (AvgIpc) is 3.08. The second-order valence-electron chi connectivity index (χ2n) is 7.51. The van der Waals surface area contributed by atoms with Gasteiger partial charge in [0, 0.05) is 12.6 Å². The molecule has 8 heteroatoms. The van der Waals surface area contributed by atoms with Gasteiger partial charge in [-0.3, -0.25) is 4.79 Å². The Hall–Kier alpha value is -2.61. The second-order valence-corrected chi connectivity index (χ2v) is 7.51. The summed E-state index contributed by atoms with van der Waals surface area (Å²) in [6, 6.07) is 5.59. The molecular formula is C19H25N5O3. The zero-order valence-corrected chi connectivity index (χ0v) is 15.7. The number of fused-ring (bicyclic) bond motifs is 1. The van der Waals surface area contributed by atoms with E-state index >= 15 is 0 Å². The topological polar surface area (TPSA) is 90.3 Å². The maximum absolute atomic E-state index is 12.6. The molecule has 2 aromatic rings. The Labute approximate surface area is 158 Å². The van der Waals surface area contributed by atoms with Crippen molar-refractivity contribution < 1.29 is 14.3 Å². The van der Waals surface area contributed by atoms with Crippen molar-refractivity contribution in [1.29, 1.82) is 0 Å². The van der Waals surface area contributed by atoms with E-state index in [0.717, 1.165) is 37.4 Å². The summed E-state index contributed by atoms with van der Waals surface area (Å²) >= 11 is 0. The Kier molecular flexibility index (Phi) is 4.73. The number of rotatable bonds is 4. The van der Waals surface area contributed by atoms with Crippen LogP contribution in [0.1, 0.15) is 35.9 Å². The van der Waals surface area contributed by atoms with Crippen LogP contribution in [-0.4, -0.2) is 53.7 Å². The highest BCUT2D eigenvalue weighted by atomic mass is 16.6. The normalized spacial score (nSPS) is 18.1. The third-order valence-electron chi connectivity index (χ3n) is 5.37. The number of nitrogens with one attached hydrogen (secondary N) is 2. The van der Waals surface area contributed by atoms with Crippen molar-refractivity contribution in [3.63, 3.8) is 0 Å². The van der Waals surface area contributed by atoms with Gasteiger partial charge < -0.3 is 20.1 Å². The van der Waals surface area contributed by atoms with Gasteiger partial charge in [-0.05, 0) is 50.4 Å². The van der Waals surface area contributed by atoms with Crippen molar-refractivity contribution in [3.8, 4) is 17.2 Å². The van der Waals surface area contributed by atoms with Crippen LogP contribution in [0.25, 0.3) is 5.69 Å². The van der Waals surface area contributed by atoms with Crippen molar-refractivity contribution in [2.45, 2.75) is 26.7 Å². The molecule has 1 fully saturated rings. The Morgan fingerprint density at radius 1 is 1.26 bits per heavy atom. The average molecular weight is 371 g/mol. The molecule has 0 radical (unpaired) electrons. The lowest BCUT2D eigenvalue weighted by molar-refractivity contribution is 0.0916. The van der Waals surface area contributed by atoms with Gasteiger partial charge in [-0.2, -0.15) is 0 Å². The maximum Gasteiger partial charge on any atom is 0.273 e. The van der Waals surface area contributed by atoms with Gasteiger partial charge >= 0.3 is 0 Å². The molecule has 8 nitrogen and oxygen atoms in total.